The second-order valence-corrected chi connectivity index (χ2v) is 9.05. The Morgan fingerprint density at radius 1 is 0.720 bits per heavy atom. The zero-order valence-corrected chi connectivity index (χ0v) is 18.7. The second-order valence-electron chi connectivity index (χ2n) is 7.53. The van der Waals surface area contributed by atoms with E-state index >= 15 is 0 Å². The van der Waals surface area contributed by atoms with Crippen molar-refractivity contribution < 1.29 is 17.5 Å². The van der Waals surface area contributed by atoms with Crippen LogP contribution in [0.15, 0.2) is 0 Å². The topological polar surface area (TPSA) is 57.2 Å². The second kappa shape index (κ2) is 16.1. The molecule has 0 aliphatic heterocycles. The number of quaternary nitrogens is 1. The highest BCUT2D eigenvalue weighted by molar-refractivity contribution is 7.85. The SMILES string of the molecule is CC(C)CCCCCCCCCS(=O)(=O)[O-].CC[N+](CC)(CC)CC. The summed E-state index contributed by atoms with van der Waals surface area (Å²) in [4.78, 5) is 0. The molecule has 0 unspecified atom stereocenters. The van der Waals surface area contributed by atoms with Gasteiger partial charge >= 0.3 is 0 Å². The molecule has 0 aliphatic carbocycles. The van der Waals surface area contributed by atoms with E-state index < -0.39 is 10.1 Å². The average Bonchev–Trinajstić information content (AvgIpc) is 2.55. The van der Waals surface area contributed by atoms with Crippen molar-refractivity contribution in [3.8, 4) is 0 Å². The zero-order valence-electron chi connectivity index (χ0n) is 17.8. The van der Waals surface area contributed by atoms with E-state index in [0.717, 1.165) is 25.2 Å². The Labute approximate surface area is 158 Å². The first-order valence-corrected chi connectivity index (χ1v) is 12.0. The molecule has 5 heteroatoms. The molecule has 0 atom stereocenters. The lowest BCUT2D eigenvalue weighted by atomic mass is 10.0. The highest BCUT2D eigenvalue weighted by Crippen LogP contribution is 2.12. The highest BCUT2D eigenvalue weighted by atomic mass is 32.2. The van der Waals surface area contributed by atoms with Crippen LogP contribution in [0.5, 0.6) is 0 Å². The van der Waals surface area contributed by atoms with Gasteiger partial charge in [0.15, 0.2) is 0 Å². The first kappa shape index (κ1) is 27.1. The molecule has 154 valence electrons. The Morgan fingerprint density at radius 3 is 1.36 bits per heavy atom. The molecule has 0 heterocycles. The number of rotatable bonds is 14. The summed E-state index contributed by atoms with van der Waals surface area (Å²) in [5.41, 5.74) is 0. The Kier molecular flexibility index (Phi) is 17.4. The Bertz CT molecular complexity index is 359. The summed E-state index contributed by atoms with van der Waals surface area (Å²) in [5, 5.41) is 0. The third kappa shape index (κ3) is 18.5. The summed E-state index contributed by atoms with van der Waals surface area (Å²) < 4.78 is 32.2. The van der Waals surface area contributed by atoms with Gasteiger partial charge in [0.1, 0.15) is 0 Å². The number of nitrogens with zero attached hydrogens (tertiary/aromatic N) is 1. The molecule has 0 saturated heterocycles. The summed E-state index contributed by atoms with van der Waals surface area (Å²) in [6.07, 6.45) is 8.72. The molecule has 0 saturated carbocycles. The molecule has 25 heavy (non-hydrogen) atoms. The van der Waals surface area contributed by atoms with Gasteiger partial charge in [-0.25, -0.2) is 8.42 Å². The largest absolute Gasteiger partial charge is 0.748 e. The number of hydrogen-bond donors (Lipinski definition) is 0. The van der Waals surface area contributed by atoms with Gasteiger partial charge in [0.2, 0.25) is 0 Å². The lowest BCUT2D eigenvalue weighted by molar-refractivity contribution is -0.921. The lowest BCUT2D eigenvalue weighted by Crippen LogP contribution is -2.47. The van der Waals surface area contributed by atoms with E-state index in [2.05, 4.69) is 41.5 Å². The van der Waals surface area contributed by atoms with Gasteiger partial charge in [-0.15, -0.1) is 0 Å². The van der Waals surface area contributed by atoms with Crippen molar-refractivity contribution in [3.63, 3.8) is 0 Å². The molecule has 0 amide bonds. The fourth-order valence-corrected chi connectivity index (χ4v) is 3.61. The van der Waals surface area contributed by atoms with E-state index in [0.29, 0.717) is 6.42 Å². The average molecular weight is 380 g/mol. The van der Waals surface area contributed by atoms with Crippen molar-refractivity contribution in [2.75, 3.05) is 31.9 Å². The third-order valence-electron chi connectivity index (χ3n) is 5.36. The minimum Gasteiger partial charge on any atom is -0.748 e. The van der Waals surface area contributed by atoms with Crippen LogP contribution < -0.4 is 0 Å². The van der Waals surface area contributed by atoms with Gasteiger partial charge in [-0.1, -0.05) is 58.8 Å². The first-order chi connectivity index (χ1) is 11.7. The molecule has 0 aromatic carbocycles. The third-order valence-corrected chi connectivity index (χ3v) is 6.15. The summed E-state index contributed by atoms with van der Waals surface area (Å²) in [6.45, 7) is 18.7. The van der Waals surface area contributed by atoms with Crippen LogP contribution in [-0.2, 0) is 10.1 Å². The van der Waals surface area contributed by atoms with Gasteiger partial charge in [0.05, 0.1) is 36.3 Å². The summed E-state index contributed by atoms with van der Waals surface area (Å²) >= 11 is 0. The monoisotopic (exact) mass is 379 g/mol. The quantitative estimate of drug-likeness (QED) is 0.237. The minimum absolute atomic E-state index is 0.194. The maximum absolute atomic E-state index is 10.3. The molecule has 0 spiro atoms. The van der Waals surface area contributed by atoms with Crippen LogP contribution in [0.2, 0.25) is 0 Å². The van der Waals surface area contributed by atoms with E-state index in [-0.39, 0.29) is 5.75 Å². The van der Waals surface area contributed by atoms with Crippen molar-refractivity contribution in [2.24, 2.45) is 5.92 Å². The van der Waals surface area contributed by atoms with E-state index in [1.165, 1.54) is 56.3 Å². The Balaban J connectivity index is 0. The van der Waals surface area contributed by atoms with Crippen LogP contribution in [0.3, 0.4) is 0 Å². The van der Waals surface area contributed by atoms with Gasteiger partial charge in [-0.3, -0.25) is 0 Å². The Hall–Kier alpha value is -0.130. The highest BCUT2D eigenvalue weighted by Gasteiger charge is 2.16. The number of unbranched alkanes of at least 4 members (excludes halogenated alkanes) is 6. The molecule has 4 nitrogen and oxygen atoms in total. The maximum atomic E-state index is 10.3. The molecular weight excluding hydrogens is 334 g/mol. The fraction of sp³-hybridized carbons (Fsp3) is 1.00. The molecule has 0 aromatic heterocycles. The van der Waals surface area contributed by atoms with Crippen molar-refractivity contribution in [2.45, 2.75) is 92.9 Å². The summed E-state index contributed by atoms with van der Waals surface area (Å²) in [7, 11) is -3.99. The molecule has 0 N–H and O–H groups in total. The summed E-state index contributed by atoms with van der Waals surface area (Å²) in [5.74, 6) is 0.600. The van der Waals surface area contributed by atoms with E-state index in [1.54, 1.807) is 0 Å². The van der Waals surface area contributed by atoms with Gasteiger partial charge < -0.3 is 9.04 Å². The molecule has 0 rings (SSSR count). The first-order valence-electron chi connectivity index (χ1n) is 10.4. The normalized spacial score (nSPS) is 12.2. The summed E-state index contributed by atoms with van der Waals surface area (Å²) in [6, 6.07) is 0. The molecule has 0 aliphatic rings. The van der Waals surface area contributed by atoms with E-state index in [9.17, 15) is 13.0 Å². The standard InChI is InChI=1S/C12H26O3S.C8H20N/c1-12(2)10-8-6-4-3-5-7-9-11-16(13,14)15;1-5-9(6-2,7-3)8-4/h12H,3-11H2,1-2H3,(H,13,14,15);5-8H2,1-4H3/q;+1/p-1. The predicted octanol–water partition coefficient (Wildman–Crippen LogP) is 5.19. The molecule has 0 bridgehead atoms. The van der Waals surface area contributed by atoms with Crippen LogP contribution in [0, 0.1) is 5.92 Å². The lowest BCUT2D eigenvalue weighted by Gasteiger charge is -2.34. The van der Waals surface area contributed by atoms with Crippen molar-refractivity contribution >= 4 is 10.1 Å². The predicted molar refractivity (Wildman–Crippen MR) is 109 cm³/mol. The molecule has 0 aromatic rings. The van der Waals surface area contributed by atoms with Gasteiger partial charge in [0.25, 0.3) is 0 Å². The Morgan fingerprint density at radius 2 is 1.08 bits per heavy atom. The smallest absolute Gasteiger partial charge is 0.0945 e. The van der Waals surface area contributed by atoms with Crippen molar-refractivity contribution in [3.05, 3.63) is 0 Å². The van der Waals surface area contributed by atoms with Gasteiger partial charge in [0, 0.05) is 5.75 Å². The van der Waals surface area contributed by atoms with Crippen LogP contribution in [0.1, 0.15) is 92.9 Å². The van der Waals surface area contributed by atoms with Crippen molar-refractivity contribution in [1.29, 1.82) is 0 Å². The minimum atomic E-state index is -3.99. The van der Waals surface area contributed by atoms with Gasteiger partial charge in [-0.05, 0) is 40.0 Å². The van der Waals surface area contributed by atoms with E-state index in [1.807, 2.05) is 0 Å². The molecule has 0 fully saturated rings. The van der Waals surface area contributed by atoms with Crippen LogP contribution in [0.4, 0.5) is 0 Å². The molecule has 0 radical (unpaired) electrons. The van der Waals surface area contributed by atoms with E-state index in [4.69, 9.17) is 0 Å². The molecular formula is C20H45NO3S. The van der Waals surface area contributed by atoms with Crippen LogP contribution >= 0.6 is 0 Å². The zero-order chi connectivity index (χ0) is 19.8. The maximum Gasteiger partial charge on any atom is 0.0945 e. The fourth-order valence-electron chi connectivity index (χ4n) is 3.06. The van der Waals surface area contributed by atoms with Crippen LogP contribution in [-0.4, -0.2) is 49.4 Å². The number of hydrogen-bond acceptors (Lipinski definition) is 3. The van der Waals surface area contributed by atoms with Crippen molar-refractivity contribution in [1.82, 2.24) is 0 Å². The van der Waals surface area contributed by atoms with Gasteiger partial charge in [-0.2, -0.15) is 0 Å². The van der Waals surface area contributed by atoms with Crippen LogP contribution in [0.25, 0.3) is 0 Å².